The van der Waals surface area contributed by atoms with E-state index in [1.807, 2.05) is 0 Å². The Kier molecular flexibility index (Phi) is 4.49. The maximum atomic E-state index is 13.4. The Hall–Kier alpha value is -2.06. The number of anilines is 1. The van der Waals surface area contributed by atoms with Crippen molar-refractivity contribution in [1.29, 1.82) is 0 Å². The zero-order chi connectivity index (χ0) is 15.6. The summed E-state index contributed by atoms with van der Waals surface area (Å²) in [6.45, 7) is -0.355. The molecule has 3 N–H and O–H groups in total. The normalized spacial score (nSPS) is 22.2. The van der Waals surface area contributed by atoms with Crippen molar-refractivity contribution < 1.29 is 28.6 Å². The molecule has 0 bridgehead atoms. The highest BCUT2D eigenvalue weighted by molar-refractivity contribution is 5.93. The lowest BCUT2D eigenvalue weighted by Crippen LogP contribution is -2.41. The molecule has 114 valence electrons. The van der Waals surface area contributed by atoms with Gasteiger partial charge in [0.05, 0.1) is 12.6 Å². The molecule has 2 rings (SSSR count). The predicted molar refractivity (Wildman–Crippen MR) is 68.6 cm³/mol. The van der Waals surface area contributed by atoms with Crippen LogP contribution < -0.4 is 5.32 Å². The molecule has 8 heteroatoms. The number of nitrogens with zero attached hydrogens (tertiary/aromatic N) is 1. The molecule has 1 amide bonds. The molecule has 2 unspecified atom stereocenters. The van der Waals surface area contributed by atoms with Gasteiger partial charge in [0.2, 0.25) is 5.91 Å². The molecule has 0 saturated carbocycles. The number of hydrogen-bond acceptors (Lipinski definition) is 4. The first-order chi connectivity index (χ1) is 9.88. The standard InChI is InChI=1S/C13H14F2N2O4/c14-8-2-1-3-9(15)12(8)16-11(19)6-17-5-7(18)4-10(17)13(20)21/h1-3,7,10,18H,4-6H2,(H,16,19)(H,20,21). The highest BCUT2D eigenvalue weighted by Gasteiger charge is 2.36. The van der Waals surface area contributed by atoms with E-state index in [4.69, 9.17) is 5.11 Å². The highest BCUT2D eigenvalue weighted by Crippen LogP contribution is 2.20. The van der Waals surface area contributed by atoms with Crippen LogP contribution in [0.25, 0.3) is 0 Å². The molecule has 1 fully saturated rings. The van der Waals surface area contributed by atoms with Crippen molar-refractivity contribution in [1.82, 2.24) is 4.90 Å². The summed E-state index contributed by atoms with van der Waals surface area (Å²) in [5, 5.41) is 20.5. The van der Waals surface area contributed by atoms with Crippen molar-refractivity contribution in [3.63, 3.8) is 0 Å². The summed E-state index contributed by atoms with van der Waals surface area (Å²) in [4.78, 5) is 24.0. The lowest BCUT2D eigenvalue weighted by molar-refractivity contribution is -0.142. The van der Waals surface area contributed by atoms with Crippen molar-refractivity contribution >= 4 is 17.6 Å². The number of carboxylic acids is 1. The van der Waals surface area contributed by atoms with Gasteiger partial charge in [0.15, 0.2) is 0 Å². The van der Waals surface area contributed by atoms with Gasteiger partial charge in [-0.2, -0.15) is 0 Å². The van der Waals surface area contributed by atoms with Gasteiger partial charge >= 0.3 is 5.97 Å². The maximum Gasteiger partial charge on any atom is 0.321 e. The molecule has 1 saturated heterocycles. The molecule has 1 heterocycles. The van der Waals surface area contributed by atoms with Gasteiger partial charge in [0.25, 0.3) is 0 Å². The van der Waals surface area contributed by atoms with Gasteiger partial charge < -0.3 is 15.5 Å². The van der Waals surface area contributed by atoms with E-state index in [2.05, 4.69) is 5.32 Å². The molecule has 1 aliphatic rings. The second-order valence-electron chi connectivity index (χ2n) is 4.82. The third-order valence-electron chi connectivity index (χ3n) is 3.24. The predicted octanol–water partition coefficient (Wildman–Crippen LogP) is 0.423. The van der Waals surface area contributed by atoms with Crippen LogP contribution in [-0.2, 0) is 9.59 Å². The summed E-state index contributed by atoms with van der Waals surface area (Å²) in [6, 6.07) is 2.17. The molecule has 1 aliphatic heterocycles. The molecule has 0 spiro atoms. The minimum atomic E-state index is -1.16. The topological polar surface area (TPSA) is 89.9 Å². The minimum absolute atomic E-state index is 0.0106. The zero-order valence-electron chi connectivity index (χ0n) is 10.9. The molecular formula is C13H14F2N2O4. The number of likely N-dealkylation sites (tertiary alicyclic amines) is 1. The van der Waals surface area contributed by atoms with Crippen LogP contribution in [0.2, 0.25) is 0 Å². The van der Waals surface area contributed by atoms with Crippen LogP contribution >= 0.6 is 0 Å². The first-order valence-electron chi connectivity index (χ1n) is 6.27. The van der Waals surface area contributed by atoms with Crippen LogP contribution in [0.5, 0.6) is 0 Å². The summed E-state index contributed by atoms with van der Waals surface area (Å²) >= 11 is 0. The van der Waals surface area contributed by atoms with Gasteiger partial charge in [0, 0.05) is 13.0 Å². The van der Waals surface area contributed by atoms with Crippen LogP contribution in [0.1, 0.15) is 6.42 Å². The number of hydrogen-bond donors (Lipinski definition) is 3. The summed E-state index contributed by atoms with van der Waals surface area (Å²) in [7, 11) is 0. The fourth-order valence-corrected chi connectivity index (χ4v) is 2.29. The van der Waals surface area contributed by atoms with Crippen LogP contribution in [0.4, 0.5) is 14.5 Å². The van der Waals surface area contributed by atoms with E-state index in [1.165, 1.54) is 4.90 Å². The van der Waals surface area contributed by atoms with E-state index in [-0.39, 0.29) is 19.5 Å². The lowest BCUT2D eigenvalue weighted by Gasteiger charge is -2.20. The molecule has 21 heavy (non-hydrogen) atoms. The van der Waals surface area contributed by atoms with Crippen LogP contribution in [-0.4, -0.2) is 52.2 Å². The van der Waals surface area contributed by atoms with E-state index in [0.717, 1.165) is 18.2 Å². The number of benzene rings is 1. The summed E-state index contributed by atoms with van der Waals surface area (Å²) in [5.41, 5.74) is -0.575. The van der Waals surface area contributed by atoms with E-state index >= 15 is 0 Å². The van der Waals surface area contributed by atoms with Crippen molar-refractivity contribution in [2.24, 2.45) is 0 Å². The summed E-state index contributed by atoms with van der Waals surface area (Å²) < 4.78 is 26.8. The zero-order valence-corrected chi connectivity index (χ0v) is 10.9. The largest absolute Gasteiger partial charge is 0.480 e. The van der Waals surface area contributed by atoms with Gasteiger partial charge in [0.1, 0.15) is 23.4 Å². The Balaban J connectivity index is 2.03. The maximum absolute atomic E-state index is 13.4. The number of carbonyl (C=O) groups is 2. The third-order valence-corrected chi connectivity index (χ3v) is 3.24. The monoisotopic (exact) mass is 300 g/mol. The molecule has 1 aromatic rings. The highest BCUT2D eigenvalue weighted by atomic mass is 19.1. The van der Waals surface area contributed by atoms with Crippen molar-refractivity contribution in [3.8, 4) is 0 Å². The van der Waals surface area contributed by atoms with Crippen LogP contribution in [0, 0.1) is 11.6 Å². The Morgan fingerprint density at radius 2 is 1.95 bits per heavy atom. The van der Waals surface area contributed by atoms with Gasteiger partial charge in [-0.15, -0.1) is 0 Å². The number of halogens is 2. The van der Waals surface area contributed by atoms with E-state index < -0.39 is 41.3 Å². The van der Waals surface area contributed by atoms with Crippen LogP contribution in [0.15, 0.2) is 18.2 Å². The molecule has 6 nitrogen and oxygen atoms in total. The van der Waals surface area contributed by atoms with Crippen LogP contribution in [0.3, 0.4) is 0 Å². The number of β-amino-alcohol motifs (C(OH)–C–C–N with tert-alkyl or cyclic N) is 1. The third kappa shape index (κ3) is 3.53. The van der Waals surface area contributed by atoms with Gasteiger partial charge in [-0.25, -0.2) is 8.78 Å². The van der Waals surface area contributed by atoms with Gasteiger partial charge in [-0.3, -0.25) is 14.5 Å². The molecular weight excluding hydrogens is 286 g/mol. The molecule has 0 radical (unpaired) electrons. The summed E-state index contributed by atoms with van der Waals surface area (Å²) in [6.07, 6.45) is -0.833. The van der Waals surface area contributed by atoms with Gasteiger partial charge in [-0.05, 0) is 12.1 Å². The fourth-order valence-electron chi connectivity index (χ4n) is 2.29. The van der Waals surface area contributed by atoms with Crippen molar-refractivity contribution in [2.75, 3.05) is 18.4 Å². The molecule has 2 atom stereocenters. The number of amides is 1. The number of aliphatic carboxylic acids is 1. The summed E-state index contributed by atoms with van der Waals surface area (Å²) in [5.74, 6) is -3.74. The number of aliphatic hydroxyl groups excluding tert-OH is 1. The fraction of sp³-hybridized carbons (Fsp3) is 0.385. The van der Waals surface area contributed by atoms with E-state index in [9.17, 15) is 23.5 Å². The van der Waals surface area contributed by atoms with E-state index in [0.29, 0.717) is 0 Å². The Morgan fingerprint density at radius 1 is 1.33 bits per heavy atom. The average molecular weight is 300 g/mol. The van der Waals surface area contributed by atoms with Crippen molar-refractivity contribution in [3.05, 3.63) is 29.8 Å². The number of carbonyl (C=O) groups excluding carboxylic acids is 1. The Bertz CT molecular complexity index is 547. The van der Waals surface area contributed by atoms with E-state index in [1.54, 1.807) is 0 Å². The quantitative estimate of drug-likeness (QED) is 0.750. The van der Waals surface area contributed by atoms with Crippen molar-refractivity contribution in [2.45, 2.75) is 18.6 Å². The first kappa shape index (κ1) is 15.3. The van der Waals surface area contributed by atoms with Gasteiger partial charge in [-0.1, -0.05) is 6.07 Å². The first-order valence-corrected chi connectivity index (χ1v) is 6.27. The second kappa shape index (κ2) is 6.15. The Morgan fingerprint density at radius 3 is 2.52 bits per heavy atom. The number of rotatable bonds is 4. The SMILES string of the molecule is O=C(CN1CC(O)CC1C(=O)O)Nc1c(F)cccc1F. The number of carboxylic acid groups (broad SMARTS) is 1. The smallest absolute Gasteiger partial charge is 0.321 e. The number of nitrogens with one attached hydrogen (secondary N) is 1. The second-order valence-corrected chi connectivity index (χ2v) is 4.82. The molecule has 0 aromatic heterocycles. The average Bonchev–Trinajstić information content (AvgIpc) is 2.75. The minimum Gasteiger partial charge on any atom is -0.480 e. The Labute approximate surface area is 119 Å². The lowest BCUT2D eigenvalue weighted by atomic mass is 10.2. The molecule has 0 aliphatic carbocycles. The number of aliphatic hydroxyl groups is 1. The molecule has 1 aromatic carbocycles. The number of para-hydroxylation sites is 1.